The maximum Gasteiger partial charge on any atom is 1.00 e. The summed E-state index contributed by atoms with van der Waals surface area (Å²) < 4.78 is 36.7. The van der Waals surface area contributed by atoms with Crippen molar-refractivity contribution < 1.29 is 74.2 Å². The summed E-state index contributed by atoms with van der Waals surface area (Å²) in [5.74, 6) is 0.707. The van der Waals surface area contributed by atoms with Crippen molar-refractivity contribution in [2.45, 2.75) is 50.3 Å². The summed E-state index contributed by atoms with van der Waals surface area (Å²) in [6.45, 7) is 2.17. The Morgan fingerprint density at radius 2 is 1.62 bits per heavy atom. The van der Waals surface area contributed by atoms with Gasteiger partial charge >= 0.3 is 51.4 Å². The van der Waals surface area contributed by atoms with Crippen LogP contribution < -0.4 is 61.2 Å². The third-order valence-electron chi connectivity index (χ3n) is 3.87. The number of hydrogen-bond donors (Lipinski definition) is 1. The molecule has 0 saturated carbocycles. The largest absolute Gasteiger partial charge is 1.00 e. The van der Waals surface area contributed by atoms with Crippen LogP contribution in [0.15, 0.2) is 47.4 Å². The van der Waals surface area contributed by atoms with Gasteiger partial charge in [-0.3, -0.25) is 4.55 Å². The molecule has 0 aromatic heterocycles. The molecule has 2 aromatic carbocycles. The summed E-state index contributed by atoms with van der Waals surface area (Å²) in [5.41, 5.74) is 0.938. The zero-order valence-corrected chi connectivity index (χ0v) is 19.2. The summed E-state index contributed by atoms with van der Waals surface area (Å²) in [5, 5.41) is 11.8. The van der Waals surface area contributed by atoms with E-state index in [1.54, 1.807) is 6.07 Å². The summed E-state index contributed by atoms with van der Waals surface area (Å²) in [7, 11) is -4.23. The van der Waals surface area contributed by atoms with Gasteiger partial charge in [0.1, 0.15) is 11.5 Å². The van der Waals surface area contributed by atoms with Crippen LogP contribution >= 0.6 is 0 Å². The van der Waals surface area contributed by atoms with Gasteiger partial charge in [-0.15, -0.1) is 5.75 Å². The van der Waals surface area contributed by atoms with Crippen LogP contribution in [0.3, 0.4) is 0 Å². The van der Waals surface area contributed by atoms with Crippen LogP contribution in [0.4, 0.5) is 0 Å². The maximum atomic E-state index is 11.8. The number of ether oxygens (including phenoxy) is 1. The Bertz CT molecular complexity index is 788. The Hall–Kier alpha value is -0.414. The molecule has 0 spiro atoms. The molecule has 0 fully saturated rings. The number of rotatable bonds is 9. The standard InChI is InChI=1S/C19H24O5S.K/c1-2-3-4-5-6-7-15-12-16(20)14-18(13-15)24-17-8-10-19(11-9-17)25(21,22)23;/h8-14,20H,2-7H2,1H3,(H,21,22,23);/q;+1/p-1. The summed E-state index contributed by atoms with van der Waals surface area (Å²) in [6, 6.07) is 10.2. The van der Waals surface area contributed by atoms with Crippen LogP contribution in [0.1, 0.15) is 44.6 Å². The van der Waals surface area contributed by atoms with Gasteiger partial charge < -0.3 is 9.84 Å². The van der Waals surface area contributed by atoms with E-state index in [0.29, 0.717) is 11.5 Å². The fourth-order valence-electron chi connectivity index (χ4n) is 2.58. The van der Waals surface area contributed by atoms with Crippen LogP contribution in [0.2, 0.25) is 0 Å². The molecule has 2 aromatic rings. The molecule has 0 unspecified atom stereocenters. The molecule has 2 rings (SSSR count). The van der Waals surface area contributed by atoms with Crippen molar-refractivity contribution in [2.75, 3.05) is 0 Å². The number of hydrogen-bond acceptors (Lipinski definition) is 4. The number of benzene rings is 2. The van der Waals surface area contributed by atoms with E-state index in [1.165, 1.54) is 49.6 Å². The second-order valence-corrected chi connectivity index (χ2v) is 7.45. The van der Waals surface area contributed by atoms with Crippen LogP contribution in [0.25, 0.3) is 0 Å². The first-order chi connectivity index (χ1) is 11.9. The first kappa shape index (κ1) is 23.6. The molecule has 0 heterocycles. The molecule has 0 atom stereocenters. The number of aryl methyl sites for hydroxylation is 1. The fraction of sp³-hybridized carbons (Fsp3) is 0.368. The SMILES string of the molecule is CCCCCCCc1cc([O-])cc(Oc2ccc(S(=O)(=O)O)cc2)c1.[K+]. The van der Waals surface area contributed by atoms with Gasteiger partial charge in [0.2, 0.25) is 0 Å². The molecule has 0 amide bonds. The topological polar surface area (TPSA) is 86.7 Å². The monoisotopic (exact) mass is 402 g/mol. The van der Waals surface area contributed by atoms with E-state index in [0.717, 1.165) is 24.8 Å². The van der Waals surface area contributed by atoms with E-state index in [1.807, 2.05) is 6.07 Å². The fourth-order valence-corrected chi connectivity index (χ4v) is 3.06. The van der Waals surface area contributed by atoms with Crippen LogP contribution in [0.5, 0.6) is 17.2 Å². The van der Waals surface area contributed by atoms with Gasteiger partial charge in [0.25, 0.3) is 10.1 Å². The molecule has 0 aliphatic heterocycles. The molecule has 136 valence electrons. The van der Waals surface area contributed by atoms with Gasteiger partial charge in [0.05, 0.1) is 4.90 Å². The zero-order chi connectivity index (χ0) is 18.3. The normalized spacial score (nSPS) is 11.0. The average Bonchev–Trinajstić information content (AvgIpc) is 2.54. The van der Waals surface area contributed by atoms with Crippen LogP contribution in [0, 0.1) is 0 Å². The molecule has 1 N–H and O–H groups in total. The Morgan fingerprint density at radius 1 is 0.962 bits per heavy atom. The Kier molecular flexibility index (Phi) is 10.4. The average molecular weight is 403 g/mol. The minimum absolute atomic E-state index is 0. The van der Waals surface area contributed by atoms with E-state index >= 15 is 0 Å². The summed E-state index contributed by atoms with van der Waals surface area (Å²) in [4.78, 5) is -0.204. The molecular weight excluding hydrogens is 379 g/mol. The third kappa shape index (κ3) is 8.08. The smallest absolute Gasteiger partial charge is 0.872 e. The Labute approximate surface area is 198 Å². The van der Waals surface area contributed by atoms with E-state index in [4.69, 9.17) is 9.29 Å². The molecule has 0 radical (unpaired) electrons. The van der Waals surface area contributed by atoms with E-state index in [2.05, 4.69) is 6.92 Å². The van der Waals surface area contributed by atoms with E-state index in [9.17, 15) is 13.5 Å². The van der Waals surface area contributed by atoms with Crippen LogP contribution in [-0.2, 0) is 16.5 Å². The van der Waals surface area contributed by atoms with Crippen molar-refractivity contribution in [1.82, 2.24) is 0 Å². The summed E-state index contributed by atoms with van der Waals surface area (Å²) in [6.07, 6.45) is 6.64. The van der Waals surface area contributed by atoms with Crippen molar-refractivity contribution in [2.24, 2.45) is 0 Å². The molecule has 0 bridgehead atoms. The van der Waals surface area contributed by atoms with Gasteiger partial charge in [0.15, 0.2) is 0 Å². The quantitative estimate of drug-likeness (QED) is 0.388. The first-order valence-corrected chi connectivity index (χ1v) is 9.89. The van der Waals surface area contributed by atoms with Gasteiger partial charge in [-0.05, 0) is 54.8 Å². The van der Waals surface area contributed by atoms with Crippen molar-refractivity contribution in [3.63, 3.8) is 0 Å². The molecule has 5 nitrogen and oxygen atoms in total. The molecule has 0 aliphatic rings. The van der Waals surface area contributed by atoms with Crippen molar-refractivity contribution in [1.29, 1.82) is 0 Å². The number of unbranched alkanes of at least 4 members (excludes halogenated alkanes) is 4. The second-order valence-electron chi connectivity index (χ2n) is 6.03. The molecule has 0 saturated heterocycles. The van der Waals surface area contributed by atoms with Crippen LogP contribution in [-0.4, -0.2) is 13.0 Å². The van der Waals surface area contributed by atoms with Crippen molar-refractivity contribution in [3.8, 4) is 17.2 Å². The van der Waals surface area contributed by atoms with Crippen molar-refractivity contribution in [3.05, 3.63) is 48.0 Å². The molecular formula is C19H23KO5S. The third-order valence-corrected chi connectivity index (χ3v) is 4.73. The van der Waals surface area contributed by atoms with Gasteiger partial charge in [-0.25, -0.2) is 0 Å². The minimum Gasteiger partial charge on any atom is -0.872 e. The summed E-state index contributed by atoms with van der Waals surface area (Å²) >= 11 is 0. The molecule has 0 aliphatic carbocycles. The molecule has 7 heteroatoms. The molecule has 26 heavy (non-hydrogen) atoms. The Balaban J connectivity index is 0.00000338. The van der Waals surface area contributed by atoms with E-state index in [-0.39, 0.29) is 62.0 Å². The van der Waals surface area contributed by atoms with Gasteiger partial charge in [-0.2, -0.15) is 8.42 Å². The second kappa shape index (κ2) is 11.4. The zero-order valence-electron chi connectivity index (χ0n) is 15.3. The maximum absolute atomic E-state index is 11.8. The van der Waals surface area contributed by atoms with Gasteiger partial charge in [-0.1, -0.05) is 38.7 Å². The first-order valence-electron chi connectivity index (χ1n) is 8.45. The minimum atomic E-state index is -4.23. The van der Waals surface area contributed by atoms with E-state index < -0.39 is 10.1 Å². The predicted octanol–water partition coefficient (Wildman–Crippen LogP) is 1.32. The predicted molar refractivity (Wildman–Crippen MR) is 94.7 cm³/mol. The van der Waals surface area contributed by atoms with Gasteiger partial charge in [0, 0.05) is 0 Å². The van der Waals surface area contributed by atoms with Crippen molar-refractivity contribution >= 4 is 10.1 Å². The Morgan fingerprint density at radius 3 is 2.23 bits per heavy atom.